The lowest BCUT2D eigenvalue weighted by molar-refractivity contribution is 0.208. The van der Waals surface area contributed by atoms with Gasteiger partial charge >= 0.3 is 6.03 Å². The summed E-state index contributed by atoms with van der Waals surface area (Å²) in [4.78, 5) is 16.6. The highest BCUT2D eigenvalue weighted by Crippen LogP contribution is 2.28. The Hall–Kier alpha value is -2.60. The summed E-state index contributed by atoms with van der Waals surface area (Å²) >= 11 is 6.02. The van der Waals surface area contributed by atoms with Gasteiger partial charge in [0.1, 0.15) is 11.5 Å². The average molecular weight is 376 g/mol. The van der Waals surface area contributed by atoms with E-state index >= 15 is 0 Å². The second-order valence-corrected chi connectivity index (χ2v) is 6.39. The number of halogens is 1. The van der Waals surface area contributed by atoms with E-state index in [1.807, 2.05) is 18.2 Å². The Morgan fingerprint density at radius 3 is 2.50 bits per heavy atom. The highest BCUT2D eigenvalue weighted by Gasteiger charge is 2.22. The first-order valence-corrected chi connectivity index (χ1v) is 8.77. The third kappa shape index (κ3) is 4.14. The summed E-state index contributed by atoms with van der Waals surface area (Å²) in [6, 6.07) is 12.9. The fourth-order valence-electron chi connectivity index (χ4n) is 2.95. The van der Waals surface area contributed by atoms with E-state index in [4.69, 9.17) is 21.1 Å². The standard InChI is InChI=1S/C19H22ClN3O3/c1-25-16-5-3-4-15(13-16)22-8-10-23(11-9-22)19(24)21-17-12-14(20)6-7-18(17)26-2/h3-7,12-13H,8-11H2,1-2H3,(H,21,24). The van der Waals surface area contributed by atoms with Crippen LogP contribution in [0.2, 0.25) is 5.02 Å². The topological polar surface area (TPSA) is 54.0 Å². The summed E-state index contributed by atoms with van der Waals surface area (Å²) in [6.45, 7) is 2.78. The number of piperazine rings is 1. The molecule has 7 heteroatoms. The van der Waals surface area contributed by atoms with Gasteiger partial charge in [-0.15, -0.1) is 0 Å². The van der Waals surface area contributed by atoms with Crippen molar-refractivity contribution in [3.63, 3.8) is 0 Å². The van der Waals surface area contributed by atoms with Gasteiger partial charge in [-0.25, -0.2) is 4.79 Å². The number of hydrogen-bond acceptors (Lipinski definition) is 4. The van der Waals surface area contributed by atoms with E-state index in [2.05, 4.69) is 16.3 Å². The summed E-state index contributed by atoms with van der Waals surface area (Å²) in [6.07, 6.45) is 0. The van der Waals surface area contributed by atoms with Gasteiger partial charge in [0.25, 0.3) is 0 Å². The van der Waals surface area contributed by atoms with Crippen molar-refractivity contribution in [1.29, 1.82) is 0 Å². The molecule has 0 unspecified atom stereocenters. The molecular weight excluding hydrogens is 354 g/mol. The minimum absolute atomic E-state index is 0.157. The van der Waals surface area contributed by atoms with Crippen molar-refractivity contribution in [2.45, 2.75) is 0 Å². The predicted octanol–water partition coefficient (Wildman–Crippen LogP) is 3.71. The molecule has 1 aliphatic rings. The number of amides is 2. The van der Waals surface area contributed by atoms with Gasteiger partial charge in [0, 0.05) is 43.0 Å². The first-order chi connectivity index (χ1) is 12.6. The van der Waals surface area contributed by atoms with Gasteiger partial charge in [-0.1, -0.05) is 17.7 Å². The van der Waals surface area contributed by atoms with E-state index in [-0.39, 0.29) is 6.03 Å². The van der Waals surface area contributed by atoms with Crippen molar-refractivity contribution in [1.82, 2.24) is 4.90 Å². The Morgan fingerprint density at radius 2 is 1.81 bits per heavy atom. The zero-order valence-corrected chi connectivity index (χ0v) is 15.6. The second kappa shape index (κ2) is 8.19. The Balaban J connectivity index is 1.61. The fraction of sp³-hybridized carbons (Fsp3) is 0.316. The monoisotopic (exact) mass is 375 g/mol. The number of urea groups is 1. The number of benzene rings is 2. The van der Waals surface area contributed by atoms with Crippen LogP contribution < -0.4 is 19.7 Å². The minimum Gasteiger partial charge on any atom is -0.497 e. The molecule has 1 heterocycles. The summed E-state index contributed by atoms with van der Waals surface area (Å²) in [5.74, 6) is 1.41. The molecule has 2 aromatic carbocycles. The van der Waals surface area contributed by atoms with Crippen molar-refractivity contribution in [2.75, 3.05) is 50.6 Å². The molecular formula is C19H22ClN3O3. The molecule has 1 saturated heterocycles. The number of ether oxygens (including phenoxy) is 2. The van der Waals surface area contributed by atoms with E-state index < -0.39 is 0 Å². The molecule has 0 aliphatic carbocycles. The lowest BCUT2D eigenvalue weighted by Crippen LogP contribution is -2.50. The number of anilines is 2. The Labute approximate surface area is 158 Å². The molecule has 1 aliphatic heterocycles. The van der Waals surface area contributed by atoms with Crippen molar-refractivity contribution in [3.05, 3.63) is 47.5 Å². The molecule has 0 bridgehead atoms. The molecule has 2 amide bonds. The summed E-state index contributed by atoms with van der Waals surface area (Å²) < 4.78 is 10.6. The van der Waals surface area contributed by atoms with Gasteiger partial charge in [0.05, 0.1) is 19.9 Å². The van der Waals surface area contributed by atoms with Crippen LogP contribution in [-0.4, -0.2) is 51.3 Å². The van der Waals surface area contributed by atoms with Crippen LogP contribution in [0.5, 0.6) is 11.5 Å². The number of carbonyl (C=O) groups is 1. The van der Waals surface area contributed by atoms with Crippen LogP contribution in [0.1, 0.15) is 0 Å². The maximum atomic E-state index is 12.6. The molecule has 26 heavy (non-hydrogen) atoms. The van der Waals surface area contributed by atoms with Crippen LogP contribution in [0.4, 0.5) is 16.2 Å². The molecule has 138 valence electrons. The molecule has 0 radical (unpaired) electrons. The highest BCUT2D eigenvalue weighted by molar-refractivity contribution is 6.31. The number of methoxy groups -OCH3 is 2. The third-order valence-corrected chi connectivity index (χ3v) is 4.62. The predicted molar refractivity (Wildman–Crippen MR) is 104 cm³/mol. The number of rotatable bonds is 4. The van der Waals surface area contributed by atoms with Crippen molar-refractivity contribution in [2.24, 2.45) is 0 Å². The maximum Gasteiger partial charge on any atom is 0.322 e. The zero-order chi connectivity index (χ0) is 18.5. The number of carbonyl (C=O) groups excluding carboxylic acids is 1. The van der Waals surface area contributed by atoms with Crippen molar-refractivity contribution >= 4 is 29.0 Å². The summed E-state index contributed by atoms with van der Waals surface area (Å²) in [7, 11) is 3.22. The summed E-state index contributed by atoms with van der Waals surface area (Å²) in [5.41, 5.74) is 1.67. The van der Waals surface area contributed by atoms with Crippen LogP contribution >= 0.6 is 11.6 Å². The smallest absolute Gasteiger partial charge is 0.322 e. The fourth-order valence-corrected chi connectivity index (χ4v) is 3.12. The zero-order valence-electron chi connectivity index (χ0n) is 14.9. The molecule has 0 saturated carbocycles. The average Bonchev–Trinajstić information content (AvgIpc) is 2.68. The van der Waals surface area contributed by atoms with Crippen LogP contribution in [0.25, 0.3) is 0 Å². The highest BCUT2D eigenvalue weighted by atomic mass is 35.5. The SMILES string of the molecule is COc1cccc(N2CCN(C(=O)Nc3cc(Cl)ccc3OC)CC2)c1. The van der Waals surface area contributed by atoms with Gasteiger partial charge in [-0.2, -0.15) is 0 Å². The summed E-state index contributed by atoms with van der Waals surface area (Å²) in [5, 5.41) is 3.43. The first-order valence-electron chi connectivity index (χ1n) is 8.39. The lowest BCUT2D eigenvalue weighted by atomic mass is 10.2. The van der Waals surface area contributed by atoms with Gasteiger partial charge in [-0.05, 0) is 30.3 Å². The van der Waals surface area contributed by atoms with Crippen LogP contribution in [0.3, 0.4) is 0 Å². The Bertz CT molecular complexity index is 776. The van der Waals surface area contributed by atoms with Crippen molar-refractivity contribution in [3.8, 4) is 11.5 Å². The van der Waals surface area contributed by atoms with E-state index in [1.54, 1.807) is 37.3 Å². The van der Waals surface area contributed by atoms with Crippen LogP contribution in [0.15, 0.2) is 42.5 Å². The van der Waals surface area contributed by atoms with E-state index in [1.165, 1.54) is 0 Å². The second-order valence-electron chi connectivity index (χ2n) is 5.95. The van der Waals surface area contributed by atoms with E-state index in [0.717, 1.165) is 24.5 Å². The number of nitrogens with one attached hydrogen (secondary N) is 1. The molecule has 1 fully saturated rings. The Kier molecular flexibility index (Phi) is 5.73. The largest absolute Gasteiger partial charge is 0.497 e. The van der Waals surface area contributed by atoms with Crippen LogP contribution in [-0.2, 0) is 0 Å². The van der Waals surface area contributed by atoms with E-state index in [0.29, 0.717) is 29.5 Å². The number of hydrogen-bond donors (Lipinski definition) is 1. The molecule has 0 atom stereocenters. The number of nitrogens with zero attached hydrogens (tertiary/aromatic N) is 2. The van der Waals surface area contributed by atoms with Gasteiger partial charge in [0.15, 0.2) is 0 Å². The molecule has 3 rings (SSSR count). The van der Waals surface area contributed by atoms with Gasteiger partial charge in [-0.3, -0.25) is 0 Å². The molecule has 2 aromatic rings. The lowest BCUT2D eigenvalue weighted by Gasteiger charge is -2.36. The first kappa shape index (κ1) is 18.2. The molecule has 0 spiro atoms. The van der Waals surface area contributed by atoms with Crippen LogP contribution in [0, 0.1) is 0 Å². The molecule has 1 N–H and O–H groups in total. The molecule has 6 nitrogen and oxygen atoms in total. The third-order valence-electron chi connectivity index (χ3n) is 4.39. The normalized spacial score (nSPS) is 14.1. The van der Waals surface area contributed by atoms with Gasteiger partial charge < -0.3 is 24.6 Å². The Morgan fingerprint density at radius 1 is 1.04 bits per heavy atom. The quantitative estimate of drug-likeness (QED) is 0.885. The molecule has 0 aromatic heterocycles. The van der Waals surface area contributed by atoms with E-state index in [9.17, 15) is 4.79 Å². The maximum absolute atomic E-state index is 12.6. The minimum atomic E-state index is -0.157. The van der Waals surface area contributed by atoms with Gasteiger partial charge in [0.2, 0.25) is 0 Å². The van der Waals surface area contributed by atoms with Crippen molar-refractivity contribution < 1.29 is 14.3 Å².